The van der Waals surface area contributed by atoms with Gasteiger partial charge in [0.15, 0.2) is 0 Å². The van der Waals surface area contributed by atoms with Gasteiger partial charge in [-0.3, -0.25) is 0 Å². The standard InChI is InChI=1S/C16H27N5O2/c1-23-12-4-2-5-16(12)6-3-8-21(11-16)14-10-13(18-7-9-22)19-15(17)20-14/h10,12,22H,2-9,11H2,1H3,(H3,17,18,19,20)/t12-,16+/m1/s1. The lowest BCUT2D eigenvalue weighted by molar-refractivity contribution is 0.00216. The highest BCUT2D eigenvalue weighted by atomic mass is 16.5. The molecule has 4 N–H and O–H groups in total. The lowest BCUT2D eigenvalue weighted by Crippen LogP contribution is -2.48. The predicted molar refractivity (Wildman–Crippen MR) is 90.5 cm³/mol. The molecule has 2 heterocycles. The molecule has 0 bridgehead atoms. The second kappa shape index (κ2) is 6.88. The van der Waals surface area contributed by atoms with Crippen LogP contribution in [0.15, 0.2) is 6.07 Å². The monoisotopic (exact) mass is 321 g/mol. The van der Waals surface area contributed by atoms with Gasteiger partial charge in [0.25, 0.3) is 0 Å². The summed E-state index contributed by atoms with van der Waals surface area (Å²) in [5.74, 6) is 1.78. The van der Waals surface area contributed by atoms with Crippen LogP contribution >= 0.6 is 0 Å². The van der Waals surface area contributed by atoms with Crippen LogP contribution in [0.1, 0.15) is 32.1 Å². The quantitative estimate of drug-likeness (QED) is 0.751. The van der Waals surface area contributed by atoms with E-state index in [2.05, 4.69) is 20.2 Å². The number of hydrogen-bond acceptors (Lipinski definition) is 7. The molecule has 2 aliphatic rings. The molecule has 7 heteroatoms. The molecule has 3 rings (SSSR count). The molecule has 1 aliphatic heterocycles. The molecule has 2 atom stereocenters. The van der Waals surface area contributed by atoms with Gasteiger partial charge in [-0.05, 0) is 25.7 Å². The van der Waals surface area contributed by atoms with E-state index >= 15 is 0 Å². The Hall–Kier alpha value is -1.60. The number of ether oxygens (including phenoxy) is 1. The molecular weight excluding hydrogens is 294 g/mol. The number of piperidine rings is 1. The molecule has 23 heavy (non-hydrogen) atoms. The lowest BCUT2D eigenvalue weighted by Gasteiger charge is -2.44. The SMILES string of the molecule is CO[C@@H]1CCC[C@@]12CCCN(c1cc(NCCO)nc(N)n1)C2. The predicted octanol–water partition coefficient (Wildman–Crippen LogP) is 1.25. The van der Waals surface area contributed by atoms with E-state index in [4.69, 9.17) is 15.6 Å². The first-order valence-corrected chi connectivity index (χ1v) is 8.44. The first-order chi connectivity index (χ1) is 11.2. The van der Waals surface area contributed by atoms with Crippen molar-refractivity contribution in [2.75, 3.05) is 49.3 Å². The van der Waals surface area contributed by atoms with Gasteiger partial charge in [-0.15, -0.1) is 0 Å². The smallest absolute Gasteiger partial charge is 0.223 e. The Balaban J connectivity index is 1.79. The molecule has 2 fully saturated rings. The summed E-state index contributed by atoms with van der Waals surface area (Å²) in [5.41, 5.74) is 6.10. The summed E-state index contributed by atoms with van der Waals surface area (Å²) >= 11 is 0. The van der Waals surface area contributed by atoms with Gasteiger partial charge in [-0.2, -0.15) is 9.97 Å². The zero-order valence-corrected chi connectivity index (χ0v) is 13.8. The van der Waals surface area contributed by atoms with Crippen LogP contribution < -0.4 is 16.0 Å². The third-order valence-corrected chi connectivity index (χ3v) is 5.19. The molecule has 1 aromatic rings. The number of nitrogens with one attached hydrogen (secondary N) is 1. The molecule has 0 amide bonds. The van der Waals surface area contributed by atoms with E-state index in [9.17, 15) is 0 Å². The highest BCUT2D eigenvalue weighted by Gasteiger charge is 2.46. The fourth-order valence-electron chi connectivity index (χ4n) is 4.19. The summed E-state index contributed by atoms with van der Waals surface area (Å²) in [6.45, 7) is 2.45. The van der Waals surface area contributed by atoms with Gasteiger partial charge in [-0.25, -0.2) is 0 Å². The fraction of sp³-hybridized carbons (Fsp3) is 0.750. The normalized spacial score (nSPS) is 27.6. The summed E-state index contributed by atoms with van der Waals surface area (Å²) in [5, 5.41) is 12.0. The summed E-state index contributed by atoms with van der Waals surface area (Å²) in [4.78, 5) is 10.9. The van der Waals surface area contributed by atoms with E-state index in [1.165, 1.54) is 19.3 Å². The molecular formula is C16H27N5O2. The zero-order chi connectivity index (χ0) is 16.3. The number of nitrogens with zero attached hydrogens (tertiary/aromatic N) is 3. The third kappa shape index (κ3) is 3.35. The van der Waals surface area contributed by atoms with Crippen molar-refractivity contribution in [3.63, 3.8) is 0 Å². The number of hydrogen-bond donors (Lipinski definition) is 3. The summed E-state index contributed by atoms with van der Waals surface area (Å²) in [7, 11) is 1.83. The maximum atomic E-state index is 8.95. The van der Waals surface area contributed by atoms with E-state index in [0.717, 1.165) is 31.7 Å². The molecule has 128 valence electrons. The Labute approximate surface area is 137 Å². The van der Waals surface area contributed by atoms with E-state index in [0.29, 0.717) is 18.5 Å². The molecule has 1 spiro atoms. The summed E-state index contributed by atoms with van der Waals surface area (Å²) in [6.07, 6.45) is 6.32. The molecule has 7 nitrogen and oxygen atoms in total. The number of aliphatic hydroxyl groups is 1. The van der Waals surface area contributed by atoms with Crippen molar-refractivity contribution < 1.29 is 9.84 Å². The van der Waals surface area contributed by atoms with E-state index in [-0.39, 0.29) is 18.0 Å². The van der Waals surface area contributed by atoms with Gasteiger partial charge < -0.3 is 25.8 Å². The minimum absolute atomic E-state index is 0.0571. The summed E-state index contributed by atoms with van der Waals surface area (Å²) < 4.78 is 5.76. The molecule has 0 unspecified atom stereocenters. The van der Waals surface area contributed by atoms with E-state index < -0.39 is 0 Å². The van der Waals surface area contributed by atoms with Crippen molar-refractivity contribution in [1.29, 1.82) is 0 Å². The number of aliphatic hydroxyl groups excluding tert-OH is 1. The Morgan fingerprint density at radius 1 is 1.43 bits per heavy atom. The van der Waals surface area contributed by atoms with Crippen molar-refractivity contribution in [3.05, 3.63) is 6.07 Å². The lowest BCUT2D eigenvalue weighted by atomic mass is 9.76. The number of rotatable bonds is 5. The van der Waals surface area contributed by atoms with Gasteiger partial charge in [0.2, 0.25) is 5.95 Å². The van der Waals surface area contributed by atoms with Crippen LogP contribution in [-0.4, -0.2) is 54.5 Å². The largest absolute Gasteiger partial charge is 0.395 e. The van der Waals surface area contributed by atoms with Crippen molar-refractivity contribution >= 4 is 17.6 Å². The number of anilines is 3. The van der Waals surface area contributed by atoms with Gasteiger partial charge in [0.1, 0.15) is 11.6 Å². The highest BCUT2D eigenvalue weighted by Crippen LogP contribution is 2.47. The van der Waals surface area contributed by atoms with Crippen LogP contribution in [0.3, 0.4) is 0 Å². The van der Waals surface area contributed by atoms with Crippen LogP contribution in [0.25, 0.3) is 0 Å². The maximum absolute atomic E-state index is 8.95. The minimum atomic E-state index is 0.0571. The fourth-order valence-corrected chi connectivity index (χ4v) is 4.19. The topological polar surface area (TPSA) is 96.5 Å². The van der Waals surface area contributed by atoms with Gasteiger partial charge in [-0.1, -0.05) is 6.42 Å². The molecule has 0 aromatic carbocycles. The average Bonchev–Trinajstić information content (AvgIpc) is 2.94. The Bertz CT molecular complexity index is 541. The number of nitrogens with two attached hydrogens (primary N) is 1. The van der Waals surface area contributed by atoms with Crippen molar-refractivity contribution in [2.45, 2.75) is 38.2 Å². The van der Waals surface area contributed by atoms with Gasteiger partial charge >= 0.3 is 0 Å². The van der Waals surface area contributed by atoms with Crippen molar-refractivity contribution in [1.82, 2.24) is 9.97 Å². The maximum Gasteiger partial charge on any atom is 0.223 e. The molecule has 0 radical (unpaired) electrons. The van der Waals surface area contributed by atoms with Crippen LogP contribution in [0, 0.1) is 5.41 Å². The van der Waals surface area contributed by atoms with Crippen LogP contribution in [-0.2, 0) is 4.74 Å². The van der Waals surface area contributed by atoms with Gasteiger partial charge in [0.05, 0.1) is 12.7 Å². The molecule has 1 aromatic heterocycles. The number of nitrogen functional groups attached to an aromatic ring is 1. The average molecular weight is 321 g/mol. The molecule has 1 saturated heterocycles. The Morgan fingerprint density at radius 2 is 2.26 bits per heavy atom. The molecule has 1 saturated carbocycles. The van der Waals surface area contributed by atoms with Crippen molar-refractivity contribution in [2.24, 2.45) is 5.41 Å². The van der Waals surface area contributed by atoms with E-state index in [1.54, 1.807) is 0 Å². The Morgan fingerprint density at radius 3 is 3.04 bits per heavy atom. The number of methoxy groups -OCH3 is 1. The minimum Gasteiger partial charge on any atom is -0.395 e. The van der Waals surface area contributed by atoms with Crippen LogP contribution in [0.5, 0.6) is 0 Å². The zero-order valence-electron chi connectivity index (χ0n) is 13.8. The second-order valence-electron chi connectivity index (χ2n) is 6.62. The van der Waals surface area contributed by atoms with E-state index in [1.807, 2.05) is 13.2 Å². The van der Waals surface area contributed by atoms with Crippen LogP contribution in [0.4, 0.5) is 17.6 Å². The Kier molecular flexibility index (Phi) is 4.87. The first kappa shape index (κ1) is 16.3. The van der Waals surface area contributed by atoms with Gasteiger partial charge in [0, 0.05) is 38.2 Å². The summed E-state index contributed by atoms with van der Waals surface area (Å²) in [6, 6.07) is 1.92. The van der Waals surface area contributed by atoms with Crippen molar-refractivity contribution in [3.8, 4) is 0 Å². The first-order valence-electron chi connectivity index (χ1n) is 8.44. The second-order valence-corrected chi connectivity index (χ2v) is 6.62. The number of aromatic nitrogens is 2. The highest BCUT2D eigenvalue weighted by molar-refractivity contribution is 5.53. The molecule has 1 aliphatic carbocycles. The third-order valence-electron chi connectivity index (χ3n) is 5.19. The van der Waals surface area contributed by atoms with Crippen LogP contribution in [0.2, 0.25) is 0 Å².